The molecule has 13 heavy (non-hydrogen) atoms. The SMILES string of the molecule is CO[C@H](C)c1cc(C)cc(CF)c1. The predicted octanol–water partition coefficient (Wildman–Crippen LogP) is 3.17. The number of ether oxygens (including phenoxy) is 1. The highest BCUT2D eigenvalue weighted by atomic mass is 19.1. The minimum Gasteiger partial charge on any atom is -0.377 e. The Balaban J connectivity index is 3.01. The number of rotatable bonds is 3. The summed E-state index contributed by atoms with van der Waals surface area (Å²) in [6.07, 6.45) is 0.0326. The first-order valence-electron chi connectivity index (χ1n) is 4.36. The van der Waals surface area contributed by atoms with Crippen molar-refractivity contribution in [1.29, 1.82) is 0 Å². The van der Waals surface area contributed by atoms with Crippen LogP contribution in [0.25, 0.3) is 0 Å². The molecule has 0 heterocycles. The largest absolute Gasteiger partial charge is 0.377 e. The quantitative estimate of drug-likeness (QED) is 0.697. The van der Waals surface area contributed by atoms with E-state index in [2.05, 4.69) is 0 Å². The smallest absolute Gasteiger partial charge is 0.115 e. The molecular weight excluding hydrogens is 167 g/mol. The van der Waals surface area contributed by atoms with Crippen LogP contribution in [0.4, 0.5) is 4.39 Å². The van der Waals surface area contributed by atoms with Gasteiger partial charge in [-0.25, -0.2) is 4.39 Å². The summed E-state index contributed by atoms with van der Waals surface area (Å²) in [7, 11) is 1.65. The van der Waals surface area contributed by atoms with Crippen molar-refractivity contribution in [2.24, 2.45) is 0 Å². The molecule has 0 aromatic heterocycles. The van der Waals surface area contributed by atoms with E-state index < -0.39 is 6.67 Å². The minimum atomic E-state index is -0.412. The van der Waals surface area contributed by atoms with Gasteiger partial charge in [-0.2, -0.15) is 0 Å². The van der Waals surface area contributed by atoms with E-state index in [-0.39, 0.29) is 6.10 Å². The number of alkyl halides is 1. The highest BCUT2D eigenvalue weighted by molar-refractivity contribution is 5.30. The Hall–Kier alpha value is -0.890. The molecule has 72 valence electrons. The Morgan fingerprint density at radius 3 is 2.62 bits per heavy atom. The molecule has 1 aromatic carbocycles. The minimum absolute atomic E-state index is 0.0326. The summed E-state index contributed by atoms with van der Waals surface area (Å²) in [5, 5.41) is 0. The molecule has 0 N–H and O–H groups in total. The monoisotopic (exact) mass is 182 g/mol. The molecule has 0 saturated heterocycles. The van der Waals surface area contributed by atoms with Crippen LogP contribution in [0.3, 0.4) is 0 Å². The van der Waals surface area contributed by atoms with Gasteiger partial charge in [-0.1, -0.05) is 23.8 Å². The van der Waals surface area contributed by atoms with Gasteiger partial charge in [0.25, 0.3) is 0 Å². The highest BCUT2D eigenvalue weighted by Gasteiger charge is 2.05. The predicted molar refractivity (Wildman–Crippen MR) is 51.4 cm³/mol. The van der Waals surface area contributed by atoms with Crippen molar-refractivity contribution in [3.8, 4) is 0 Å². The number of hydrogen-bond acceptors (Lipinski definition) is 1. The van der Waals surface area contributed by atoms with E-state index in [0.29, 0.717) is 0 Å². The van der Waals surface area contributed by atoms with Crippen LogP contribution in [0.15, 0.2) is 18.2 Å². The normalized spacial score (nSPS) is 12.9. The third-order valence-corrected chi connectivity index (χ3v) is 2.14. The fourth-order valence-corrected chi connectivity index (χ4v) is 1.34. The molecular formula is C11H15FO. The van der Waals surface area contributed by atoms with Crippen LogP contribution < -0.4 is 0 Å². The van der Waals surface area contributed by atoms with Crippen LogP contribution in [0.2, 0.25) is 0 Å². The van der Waals surface area contributed by atoms with Gasteiger partial charge in [0.2, 0.25) is 0 Å². The Bertz CT molecular complexity index is 283. The molecule has 1 aromatic rings. The van der Waals surface area contributed by atoms with Gasteiger partial charge in [0.05, 0.1) is 6.10 Å². The number of methoxy groups -OCH3 is 1. The molecule has 0 unspecified atom stereocenters. The summed E-state index contributed by atoms with van der Waals surface area (Å²) >= 11 is 0. The second kappa shape index (κ2) is 4.38. The molecule has 1 atom stereocenters. The van der Waals surface area contributed by atoms with Crippen molar-refractivity contribution in [2.75, 3.05) is 7.11 Å². The first kappa shape index (κ1) is 10.2. The topological polar surface area (TPSA) is 9.23 Å². The molecule has 1 rings (SSSR count). The third kappa shape index (κ3) is 2.52. The molecule has 0 bridgehead atoms. The van der Waals surface area contributed by atoms with Gasteiger partial charge in [0.1, 0.15) is 6.67 Å². The zero-order valence-corrected chi connectivity index (χ0v) is 8.30. The molecule has 0 amide bonds. The summed E-state index contributed by atoms with van der Waals surface area (Å²) < 4.78 is 17.6. The second-order valence-electron chi connectivity index (χ2n) is 3.26. The van der Waals surface area contributed by atoms with Crippen LogP contribution in [0.5, 0.6) is 0 Å². The lowest BCUT2D eigenvalue weighted by atomic mass is 10.0. The van der Waals surface area contributed by atoms with Crippen molar-refractivity contribution in [3.63, 3.8) is 0 Å². The summed E-state index contributed by atoms with van der Waals surface area (Å²) in [6.45, 7) is 3.51. The molecule has 0 spiro atoms. The van der Waals surface area contributed by atoms with E-state index in [1.54, 1.807) is 7.11 Å². The van der Waals surface area contributed by atoms with E-state index in [9.17, 15) is 4.39 Å². The molecule has 0 radical (unpaired) electrons. The first-order chi connectivity index (χ1) is 6.17. The molecule has 1 nitrogen and oxygen atoms in total. The van der Waals surface area contributed by atoms with E-state index >= 15 is 0 Å². The van der Waals surface area contributed by atoms with Gasteiger partial charge >= 0.3 is 0 Å². The van der Waals surface area contributed by atoms with Crippen LogP contribution in [0.1, 0.15) is 29.7 Å². The second-order valence-corrected chi connectivity index (χ2v) is 3.26. The van der Waals surface area contributed by atoms with E-state index in [4.69, 9.17) is 4.74 Å². The van der Waals surface area contributed by atoms with Gasteiger partial charge in [0.15, 0.2) is 0 Å². The van der Waals surface area contributed by atoms with E-state index in [0.717, 1.165) is 16.7 Å². The Labute approximate surface area is 78.5 Å². The van der Waals surface area contributed by atoms with Crippen LogP contribution >= 0.6 is 0 Å². The number of aryl methyl sites for hydroxylation is 1. The lowest BCUT2D eigenvalue weighted by Gasteiger charge is -2.11. The lowest BCUT2D eigenvalue weighted by molar-refractivity contribution is 0.119. The average molecular weight is 182 g/mol. The Kier molecular flexibility index (Phi) is 3.43. The van der Waals surface area contributed by atoms with Crippen LogP contribution in [0, 0.1) is 6.92 Å². The van der Waals surface area contributed by atoms with Gasteiger partial charge in [-0.3, -0.25) is 0 Å². The number of benzene rings is 1. The van der Waals surface area contributed by atoms with Crippen LogP contribution in [-0.4, -0.2) is 7.11 Å². The molecule has 0 fully saturated rings. The number of halogens is 1. The summed E-state index contributed by atoms with van der Waals surface area (Å²) in [5.41, 5.74) is 2.84. The highest BCUT2D eigenvalue weighted by Crippen LogP contribution is 2.19. The Morgan fingerprint density at radius 1 is 1.38 bits per heavy atom. The molecule has 0 aliphatic heterocycles. The third-order valence-electron chi connectivity index (χ3n) is 2.14. The van der Waals surface area contributed by atoms with Crippen LogP contribution in [-0.2, 0) is 11.4 Å². The summed E-state index contributed by atoms with van der Waals surface area (Å²) in [4.78, 5) is 0. The molecule has 0 aliphatic carbocycles. The summed E-state index contributed by atoms with van der Waals surface area (Å²) in [5.74, 6) is 0. The Morgan fingerprint density at radius 2 is 2.08 bits per heavy atom. The van der Waals surface area contributed by atoms with Gasteiger partial charge < -0.3 is 4.74 Å². The standard InChI is InChI=1S/C11H15FO/c1-8-4-10(7-12)6-11(5-8)9(2)13-3/h4-6,9H,7H2,1-3H3/t9-/m1/s1. The van der Waals surface area contributed by atoms with Crippen molar-refractivity contribution in [3.05, 3.63) is 34.9 Å². The van der Waals surface area contributed by atoms with E-state index in [1.165, 1.54) is 0 Å². The zero-order chi connectivity index (χ0) is 9.84. The lowest BCUT2D eigenvalue weighted by Crippen LogP contribution is -1.97. The van der Waals surface area contributed by atoms with E-state index in [1.807, 2.05) is 32.0 Å². The van der Waals surface area contributed by atoms with Crippen molar-refractivity contribution in [1.82, 2.24) is 0 Å². The maximum atomic E-state index is 12.4. The first-order valence-corrected chi connectivity index (χ1v) is 4.36. The van der Waals surface area contributed by atoms with Gasteiger partial charge in [-0.05, 0) is 25.0 Å². The van der Waals surface area contributed by atoms with Gasteiger partial charge in [0, 0.05) is 7.11 Å². The number of hydrogen-bond donors (Lipinski definition) is 0. The van der Waals surface area contributed by atoms with Crippen molar-refractivity contribution in [2.45, 2.75) is 26.6 Å². The van der Waals surface area contributed by atoms with Crippen molar-refractivity contribution < 1.29 is 9.13 Å². The average Bonchev–Trinajstić information content (AvgIpc) is 2.15. The molecule has 0 aliphatic rings. The maximum Gasteiger partial charge on any atom is 0.115 e. The fraction of sp³-hybridized carbons (Fsp3) is 0.455. The van der Waals surface area contributed by atoms with Crippen molar-refractivity contribution >= 4 is 0 Å². The molecule has 2 heteroatoms. The zero-order valence-electron chi connectivity index (χ0n) is 8.30. The molecule has 0 saturated carbocycles. The van der Waals surface area contributed by atoms with Gasteiger partial charge in [-0.15, -0.1) is 0 Å². The summed E-state index contributed by atoms with van der Waals surface area (Å²) in [6, 6.07) is 5.72. The fourth-order valence-electron chi connectivity index (χ4n) is 1.34. The maximum absolute atomic E-state index is 12.4.